The van der Waals surface area contributed by atoms with Crippen molar-refractivity contribution in [3.05, 3.63) is 23.8 Å². The van der Waals surface area contributed by atoms with Gasteiger partial charge in [0.2, 0.25) is 0 Å². The van der Waals surface area contributed by atoms with E-state index in [0.29, 0.717) is 6.10 Å². The molecule has 0 unspecified atom stereocenters. The van der Waals surface area contributed by atoms with Crippen molar-refractivity contribution in [2.75, 3.05) is 6.61 Å². The molecule has 0 N–H and O–H groups in total. The largest absolute Gasteiger partial charge is 0.417 e. The average Bonchev–Trinajstić information content (AvgIpc) is 3.23. The van der Waals surface area contributed by atoms with Crippen molar-refractivity contribution < 1.29 is 13.6 Å². The summed E-state index contributed by atoms with van der Waals surface area (Å²) >= 11 is 0. The fourth-order valence-electron chi connectivity index (χ4n) is 4.54. The van der Waals surface area contributed by atoms with E-state index >= 15 is 0 Å². The third kappa shape index (κ3) is 8.38. The van der Waals surface area contributed by atoms with E-state index in [0.717, 1.165) is 25.9 Å². The first-order valence-electron chi connectivity index (χ1n) is 12.6. The summed E-state index contributed by atoms with van der Waals surface area (Å²) in [5.41, 5.74) is 1.31. The van der Waals surface area contributed by atoms with Gasteiger partial charge in [0.05, 0.1) is 18.3 Å². The first-order valence-corrected chi connectivity index (χ1v) is 17.7. The third-order valence-electron chi connectivity index (χ3n) is 7.34. The van der Waals surface area contributed by atoms with E-state index in [1.807, 2.05) is 0 Å². The Morgan fingerprint density at radius 2 is 1.47 bits per heavy atom. The maximum Gasteiger partial charge on any atom is 0.193 e. The van der Waals surface area contributed by atoms with Gasteiger partial charge in [-0.15, -0.1) is 0 Å². The Bertz CT molecular complexity index is 504. The minimum absolute atomic E-state index is 0.0772. The van der Waals surface area contributed by atoms with Gasteiger partial charge in [-0.1, -0.05) is 65.3 Å². The summed E-state index contributed by atoms with van der Waals surface area (Å²) in [6.07, 6.45) is 10.4. The third-order valence-corrected chi connectivity index (χ3v) is 16.7. The van der Waals surface area contributed by atoms with Crippen LogP contribution in [0.2, 0.25) is 36.3 Å². The Hall–Kier alpha value is -0.206. The van der Waals surface area contributed by atoms with Gasteiger partial charge in [0, 0.05) is 6.61 Å². The molecule has 0 aromatic rings. The Morgan fingerprint density at radius 1 is 0.900 bits per heavy atom. The summed E-state index contributed by atoms with van der Waals surface area (Å²) < 4.78 is 19.9. The molecule has 0 aromatic heterocycles. The van der Waals surface area contributed by atoms with E-state index in [-0.39, 0.29) is 12.2 Å². The molecule has 3 atom stereocenters. The van der Waals surface area contributed by atoms with Crippen molar-refractivity contribution in [3.8, 4) is 0 Å². The van der Waals surface area contributed by atoms with Gasteiger partial charge in [-0.25, -0.2) is 0 Å². The molecule has 1 rings (SSSR count). The molecule has 1 aliphatic heterocycles. The van der Waals surface area contributed by atoms with Gasteiger partial charge in [-0.2, -0.15) is 0 Å². The standard InChI is InChI=1S/C25H50O3Si2/c1-9-29(10-2,11-3)26-21-20-23-18-19-24(27-23)25(17-15-16-22(7)8)28-30(12-4,13-5)14-6/h15-17,23-25H,9-14,18-21H2,1-8H3/b17-15+/t23-,24-,25-/m1/s1. The van der Waals surface area contributed by atoms with Crippen LogP contribution in [0.15, 0.2) is 23.8 Å². The lowest BCUT2D eigenvalue weighted by Gasteiger charge is -2.34. The van der Waals surface area contributed by atoms with Gasteiger partial charge in [-0.3, -0.25) is 0 Å². The monoisotopic (exact) mass is 454 g/mol. The summed E-state index contributed by atoms with van der Waals surface area (Å²) in [5, 5.41) is 0. The van der Waals surface area contributed by atoms with E-state index in [9.17, 15) is 0 Å². The molecule has 176 valence electrons. The fourth-order valence-corrected chi connectivity index (χ4v) is 10.0. The van der Waals surface area contributed by atoms with E-state index in [4.69, 9.17) is 13.6 Å². The molecular formula is C25H50O3Si2. The van der Waals surface area contributed by atoms with Crippen molar-refractivity contribution in [2.24, 2.45) is 0 Å². The molecule has 0 saturated carbocycles. The molecule has 30 heavy (non-hydrogen) atoms. The minimum Gasteiger partial charge on any atom is -0.417 e. The van der Waals surface area contributed by atoms with Crippen LogP contribution in [-0.2, 0) is 13.6 Å². The zero-order chi connectivity index (χ0) is 22.6. The highest BCUT2D eigenvalue weighted by Gasteiger charge is 2.38. The van der Waals surface area contributed by atoms with Crippen LogP contribution in [0.25, 0.3) is 0 Å². The van der Waals surface area contributed by atoms with Crippen molar-refractivity contribution >= 4 is 16.6 Å². The molecule has 0 bridgehead atoms. The molecule has 3 nitrogen and oxygen atoms in total. The molecule has 1 aliphatic rings. The van der Waals surface area contributed by atoms with Crippen LogP contribution in [0.5, 0.6) is 0 Å². The lowest BCUT2D eigenvalue weighted by atomic mass is 10.1. The maximum absolute atomic E-state index is 6.88. The molecule has 0 aromatic carbocycles. The number of rotatable bonds is 15. The first kappa shape index (κ1) is 27.8. The predicted molar refractivity (Wildman–Crippen MR) is 136 cm³/mol. The molecular weight excluding hydrogens is 404 g/mol. The van der Waals surface area contributed by atoms with Crippen LogP contribution in [0.3, 0.4) is 0 Å². The maximum atomic E-state index is 6.88. The van der Waals surface area contributed by atoms with Crippen LogP contribution < -0.4 is 0 Å². The van der Waals surface area contributed by atoms with Crippen molar-refractivity contribution in [1.29, 1.82) is 0 Å². The molecule has 0 aliphatic carbocycles. The fraction of sp³-hybridized carbons (Fsp3) is 0.840. The van der Waals surface area contributed by atoms with Crippen LogP contribution in [0, 0.1) is 0 Å². The van der Waals surface area contributed by atoms with Gasteiger partial charge in [0.15, 0.2) is 16.6 Å². The lowest BCUT2D eigenvalue weighted by Crippen LogP contribution is -2.43. The quantitative estimate of drug-likeness (QED) is 0.186. The Kier molecular flexibility index (Phi) is 13.0. The average molecular weight is 455 g/mol. The molecule has 0 amide bonds. The van der Waals surface area contributed by atoms with E-state index < -0.39 is 16.6 Å². The second kappa shape index (κ2) is 14.0. The summed E-state index contributed by atoms with van der Waals surface area (Å²) in [6.45, 7) is 18.9. The SMILES string of the molecule is CC[Si](CC)(CC)OCC[C@H]1CC[C@H]([C@@H](/C=C/C=C(C)C)O[Si](CC)(CC)CC)O1. The van der Waals surface area contributed by atoms with Gasteiger partial charge >= 0.3 is 0 Å². The van der Waals surface area contributed by atoms with Gasteiger partial charge in [0.1, 0.15) is 0 Å². The zero-order valence-electron chi connectivity index (χ0n) is 21.3. The van der Waals surface area contributed by atoms with Crippen LogP contribution in [0.1, 0.15) is 74.7 Å². The lowest BCUT2D eigenvalue weighted by molar-refractivity contribution is -0.0170. The second-order valence-corrected chi connectivity index (χ2v) is 18.7. The van der Waals surface area contributed by atoms with E-state index in [2.05, 4.69) is 73.6 Å². The number of ether oxygens (including phenoxy) is 1. The summed E-state index contributed by atoms with van der Waals surface area (Å²) in [7, 11) is -3.18. The topological polar surface area (TPSA) is 27.7 Å². The van der Waals surface area contributed by atoms with Gasteiger partial charge < -0.3 is 13.6 Å². The Labute approximate surface area is 189 Å². The number of hydrogen-bond donors (Lipinski definition) is 0. The second-order valence-electron chi connectivity index (χ2n) is 9.21. The highest BCUT2D eigenvalue weighted by Crippen LogP contribution is 2.32. The molecule has 1 heterocycles. The Balaban J connectivity index is 2.75. The number of hydrogen-bond acceptors (Lipinski definition) is 3. The van der Waals surface area contributed by atoms with E-state index in [1.54, 1.807) is 0 Å². The molecule has 1 saturated heterocycles. The summed E-state index contributed by atoms with van der Waals surface area (Å²) in [6, 6.07) is 7.18. The molecule has 5 heteroatoms. The van der Waals surface area contributed by atoms with Crippen LogP contribution in [0.4, 0.5) is 0 Å². The highest BCUT2D eigenvalue weighted by atomic mass is 28.4. The van der Waals surface area contributed by atoms with Crippen molar-refractivity contribution in [1.82, 2.24) is 0 Å². The van der Waals surface area contributed by atoms with Crippen molar-refractivity contribution in [3.63, 3.8) is 0 Å². The van der Waals surface area contributed by atoms with E-state index in [1.165, 1.54) is 41.8 Å². The molecule has 1 fully saturated rings. The normalized spacial score (nSPS) is 21.3. The summed E-state index contributed by atoms with van der Waals surface area (Å²) in [5.74, 6) is 0. The summed E-state index contributed by atoms with van der Waals surface area (Å²) in [4.78, 5) is 0. The van der Waals surface area contributed by atoms with Crippen LogP contribution in [-0.4, -0.2) is 41.6 Å². The minimum atomic E-state index is -1.68. The van der Waals surface area contributed by atoms with Gasteiger partial charge in [-0.05, 0) is 69.4 Å². The predicted octanol–water partition coefficient (Wildman–Crippen LogP) is 7.86. The highest BCUT2D eigenvalue weighted by molar-refractivity contribution is 6.74. The van der Waals surface area contributed by atoms with Gasteiger partial charge in [0.25, 0.3) is 0 Å². The van der Waals surface area contributed by atoms with Crippen molar-refractivity contribution in [2.45, 2.75) is 129 Å². The Morgan fingerprint density at radius 3 is 1.97 bits per heavy atom. The first-order chi connectivity index (χ1) is 14.3. The molecule has 0 spiro atoms. The number of allylic oxidation sites excluding steroid dienone is 3. The molecule has 0 radical (unpaired) electrons. The van der Waals surface area contributed by atoms with Crippen LogP contribution >= 0.6 is 0 Å². The zero-order valence-corrected chi connectivity index (χ0v) is 23.3. The smallest absolute Gasteiger partial charge is 0.193 e.